The van der Waals surface area contributed by atoms with Crippen LogP contribution in [0.2, 0.25) is 0 Å². The molecular formula is C30H25I2N3O4S. The van der Waals surface area contributed by atoms with Crippen LogP contribution in [0, 0.1) is 7.14 Å². The number of rotatable bonds is 7. The number of benzene rings is 3. The first-order chi connectivity index (χ1) is 19.3. The summed E-state index contributed by atoms with van der Waals surface area (Å²) < 4.78 is 15.4. The number of hydrogen-bond donors (Lipinski definition) is 1. The Morgan fingerprint density at radius 3 is 2.52 bits per heavy atom. The number of carbonyl (C=O) groups is 1. The van der Waals surface area contributed by atoms with Crippen molar-refractivity contribution in [2.24, 2.45) is 4.99 Å². The average Bonchev–Trinajstić information content (AvgIpc) is 3.23. The van der Waals surface area contributed by atoms with Gasteiger partial charge in [0, 0.05) is 14.8 Å². The molecule has 0 aliphatic carbocycles. The highest BCUT2D eigenvalue weighted by atomic mass is 127. The van der Waals surface area contributed by atoms with Gasteiger partial charge in [-0.3, -0.25) is 14.2 Å². The molecule has 0 radical (unpaired) electrons. The third-order valence-corrected chi connectivity index (χ3v) is 8.74. The number of ether oxygens (including phenoxy) is 2. The Bertz CT molecular complexity index is 1800. The summed E-state index contributed by atoms with van der Waals surface area (Å²) in [5.74, 6) is 1.11. The van der Waals surface area contributed by atoms with E-state index in [1.54, 1.807) is 11.7 Å². The van der Waals surface area contributed by atoms with E-state index in [-0.39, 0.29) is 11.5 Å². The zero-order chi connectivity index (χ0) is 28.4. The van der Waals surface area contributed by atoms with Gasteiger partial charge >= 0.3 is 0 Å². The molecule has 0 saturated carbocycles. The molecular weight excluding hydrogens is 752 g/mol. The summed E-state index contributed by atoms with van der Waals surface area (Å²) in [4.78, 5) is 33.0. The third-order valence-electron chi connectivity index (χ3n) is 6.33. The normalized spacial score (nSPS) is 14.9. The maximum absolute atomic E-state index is 14.0. The van der Waals surface area contributed by atoms with Gasteiger partial charge in [-0.15, -0.1) is 0 Å². The minimum absolute atomic E-state index is 0.226. The topological polar surface area (TPSA) is 81.9 Å². The van der Waals surface area contributed by atoms with Crippen LogP contribution in [-0.2, 0) is 4.79 Å². The second-order valence-corrected chi connectivity index (χ2v) is 12.3. The van der Waals surface area contributed by atoms with Crippen LogP contribution in [0.15, 0.2) is 87.8 Å². The fraction of sp³-hybridized carbons (Fsp3) is 0.167. The molecule has 7 nitrogen and oxygen atoms in total. The van der Waals surface area contributed by atoms with Crippen molar-refractivity contribution in [1.82, 2.24) is 4.57 Å². The van der Waals surface area contributed by atoms with Crippen molar-refractivity contribution in [2.75, 3.05) is 19.0 Å². The molecule has 10 heteroatoms. The first-order valence-electron chi connectivity index (χ1n) is 12.5. The number of allylic oxidation sites excluding steroid dienone is 1. The predicted octanol–water partition coefficient (Wildman–Crippen LogP) is 5.49. The maximum atomic E-state index is 14.0. The van der Waals surface area contributed by atoms with E-state index in [9.17, 15) is 9.59 Å². The minimum atomic E-state index is -0.671. The van der Waals surface area contributed by atoms with Crippen molar-refractivity contribution >= 4 is 74.2 Å². The molecule has 204 valence electrons. The van der Waals surface area contributed by atoms with Gasteiger partial charge in [-0.1, -0.05) is 41.7 Å². The SMILES string of the molecule is CCOc1ccc([C@H]2C(C(=O)Nc3ccccc3)=C(C)N=c3s/c(=C\c4cc(I)cc(I)c4OC)c(=O)n32)cc1. The standard InChI is InChI=1S/C30H25I2N3O4S/c1-4-39-22-12-10-18(11-13-22)26-25(28(36)34-21-8-6-5-7-9-21)17(2)33-30-35(26)29(37)24(40-30)15-19-14-20(31)16-23(32)27(19)38-3/h5-16,26H,4H2,1-3H3,(H,34,36)/b24-15-/t26-/m0/s1. The molecule has 0 bridgehead atoms. The van der Waals surface area contributed by atoms with Crippen molar-refractivity contribution in [1.29, 1.82) is 0 Å². The Labute approximate surface area is 262 Å². The molecule has 40 heavy (non-hydrogen) atoms. The molecule has 4 aromatic rings. The lowest BCUT2D eigenvalue weighted by atomic mass is 9.95. The summed E-state index contributed by atoms with van der Waals surface area (Å²) in [5.41, 5.74) is 2.99. The van der Waals surface area contributed by atoms with Gasteiger partial charge in [-0.2, -0.15) is 0 Å². The number of aromatic nitrogens is 1. The summed E-state index contributed by atoms with van der Waals surface area (Å²) >= 11 is 5.78. The molecule has 1 N–H and O–H groups in total. The Hall–Kier alpha value is -2.97. The van der Waals surface area contributed by atoms with Gasteiger partial charge < -0.3 is 14.8 Å². The van der Waals surface area contributed by atoms with E-state index in [2.05, 4.69) is 50.5 Å². The molecule has 1 atom stereocenters. The molecule has 0 fully saturated rings. The third kappa shape index (κ3) is 5.75. The fourth-order valence-electron chi connectivity index (χ4n) is 4.60. The lowest BCUT2D eigenvalue weighted by Gasteiger charge is -2.25. The molecule has 0 unspecified atom stereocenters. The summed E-state index contributed by atoms with van der Waals surface area (Å²) in [6, 6.07) is 20.1. The van der Waals surface area contributed by atoms with Crippen LogP contribution in [0.1, 0.15) is 31.0 Å². The number of methoxy groups -OCH3 is 1. The van der Waals surface area contributed by atoms with Gasteiger partial charge in [0.15, 0.2) is 4.80 Å². The summed E-state index contributed by atoms with van der Waals surface area (Å²) in [5, 5.41) is 2.98. The van der Waals surface area contributed by atoms with Crippen molar-refractivity contribution < 1.29 is 14.3 Å². The number of nitrogens with zero attached hydrogens (tertiary/aromatic N) is 2. The lowest BCUT2D eigenvalue weighted by Crippen LogP contribution is -2.40. The smallest absolute Gasteiger partial charge is 0.271 e. The monoisotopic (exact) mass is 777 g/mol. The van der Waals surface area contributed by atoms with E-state index >= 15 is 0 Å². The quantitative estimate of drug-likeness (QED) is 0.252. The molecule has 3 aromatic carbocycles. The van der Waals surface area contributed by atoms with Crippen molar-refractivity contribution in [2.45, 2.75) is 19.9 Å². The number of nitrogens with one attached hydrogen (secondary N) is 1. The van der Waals surface area contributed by atoms with Crippen LogP contribution in [0.3, 0.4) is 0 Å². The zero-order valence-corrected chi connectivity index (χ0v) is 27.0. The fourth-order valence-corrected chi connectivity index (χ4v) is 7.75. The highest BCUT2D eigenvalue weighted by molar-refractivity contribution is 14.1. The summed E-state index contributed by atoms with van der Waals surface area (Å²) in [7, 11) is 1.62. The largest absolute Gasteiger partial charge is 0.495 e. The van der Waals surface area contributed by atoms with Crippen molar-refractivity contribution in [3.63, 3.8) is 0 Å². The number of fused-ring (bicyclic) bond motifs is 1. The molecule has 0 spiro atoms. The van der Waals surface area contributed by atoms with Gasteiger partial charge in [0.1, 0.15) is 11.5 Å². The van der Waals surface area contributed by atoms with Gasteiger partial charge in [-0.25, -0.2) is 4.99 Å². The summed E-state index contributed by atoms with van der Waals surface area (Å²) in [6.45, 7) is 4.27. The van der Waals surface area contributed by atoms with Gasteiger partial charge in [0.2, 0.25) is 0 Å². The molecule has 0 saturated heterocycles. The van der Waals surface area contributed by atoms with Gasteiger partial charge in [0.25, 0.3) is 11.5 Å². The Kier molecular flexibility index (Phi) is 8.76. The van der Waals surface area contributed by atoms with Gasteiger partial charge in [0.05, 0.1) is 39.1 Å². The number of halogens is 2. The molecule has 5 rings (SSSR count). The molecule has 1 aliphatic heterocycles. The van der Waals surface area contributed by atoms with E-state index in [0.717, 1.165) is 24.0 Å². The van der Waals surface area contributed by atoms with Crippen molar-refractivity contribution in [3.05, 3.63) is 116 Å². The van der Waals surface area contributed by atoms with Crippen LogP contribution in [-0.4, -0.2) is 24.2 Å². The minimum Gasteiger partial charge on any atom is -0.495 e. The molecule has 1 aliphatic rings. The average molecular weight is 777 g/mol. The second kappa shape index (κ2) is 12.3. The Morgan fingerprint density at radius 2 is 1.85 bits per heavy atom. The van der Waals surface area contributed by atoms with Crippen molar-refractivity contribution in [3.8, 4) is 11.5 Å². The number of thiazole rings is 1. The Morgan fingerprint density at radius 1 is 1.12 bits per heavy atom. The number of hydrogen-bond acceptors (Lipinski definition) is 6. The Balaban J connectivity index is 1.69. The van der Waals surface area contributed by atoms with E-state index in [4.69, 9.17) is 14.5 Å². The second-order valence-electron chi connectivity index (χ2n) is 8.91. The highest BCUT2D eigenvalue weighted by Crippen LogP contribution is 2.32. The number of para-hydroxylation sites is 1. The van der Waals surface area contributed by atoms with E-state index in [1.807, 2.05) is 86.7 Å². The number of amides is 1. The van der Waals surface area contributed by atoms with Gasteiger partial charge in [-0.05, 0) is 107 Å². The maximum Gasteiger partial charge on any atom is 0.271 e. The molecule has 1 amide bonds. The lowest BCUT2D eigenvalue weighted by molar-refractivity contribution is -0.113. The van der Waals surface area contributed by atoms with Crippen LogP contribution < -0.4 is 29.7 Å². The first-order valence-corrected chi connectivity index (χ1v) is 15.4. The summed E-state index contributed by atoms with van der Waals surface area (Å²) in [6.07, 6.45) is 1.84. The number of carbonyl (C=O) groups excluding carboxylic acids is 1. The highest BCUT2D eigenvalue weighted by Gasteiger charge is 2.32. The van der Waals surface area contributed by atoms with Crippen LogP contribution in [0.25, 0.3) is 6.08 Å². The van der Waals surface area contributed by atoms with E-state index in [1.165, 1.54) is 11.3 Å². The predicted molar refractivity (Wildman–Crippen MR) is 175 cm³/mol. The van der Waals surface area contributed by atoms with Crippen LogP contribution >= 0.6 is 56.5 Å². The van der Waals surface area contributed by atoms with E-state index in [0.29, 0.717) is 38.6 Å². The van der Waals surface area contributed by atoms with Crippen LogP contribution in [0.5, 0.6) is 11.5 Å². The first kappa shape index (κ1) is 28.6. The zero-order valence-electron chi connectivity index (χ0n) is 21.9. The molecule has 2 heterocycles. The molecule has 1 aromatic heterocycles. The van der Waals surface area contributed by atoms with E-state index < -0.39 is 6.04 Å². The van der Waals surface area contributed by atoms with Crippen LogP contribution in [0.4, 0.5) is 5.69 Å². The number of anilines is 1.